The van der Waals surface area contributed by atoms with Gasteiger partial charge in [-0.05, 0) is 78.9 Å². The van der Waals surface area contributed by atoms with Crippen LogP contribution in [0.5, 0.6) is 0 Å². The third-order valence-corrected chi connectivity index (χ3v) is 12.6. The van der Waals surface area contributed by atoms with Crippen LogP contribution in [0.3, 0.4) is 0 Å². The Labute approximate surface area is 326 Å². The highest BCUT2D eigenvalue weighted by molar-refractivity contribution is 5.96. The standard InChI is InChI=1S/C54H34N2/c1-4-17-35(18-5-1)49-34-50(36-19-6-2-7-20-36)56-52(55-49)37-31-32-41-39-23-10-13-27-44(39)54(48(41)33-37)46-29-15-14-28-45(46)53(38-21-8-3-9-22-38)43-26-12-11-24-40(43)42-25-16-30-47(54)51(42)53/h1-34H. The second-order valence-corrected chi connectivity index (χ2v) is 15.2. The van der Waals surface area contributed by atoms with Gasteiger partial charge in [0.15, 0.2) is 5.82 Å². The molecule has 1 spiro atoms. The van der Waals surface area contributed by atoms with Gasteiger partial charge < -0.3 is 0 Å². The topological polar surface area (TPSA) is 25.8 Å². The van der Waals surface area contributed by atoms with E-state index >= 15 is 0 Å². The van der Waals surface area contributed by atoms with E-state index in [0.717, 1.165) is 28.1 Å². The van der Waals surface area contributed by atoms with Gasteiger partial charge in [-0.25, -0.2) is 9.97 Å². The van der Waals surface area contributed by atoms with Crippen LogP contribution in [0.15, 0.2) is 206 Å². The second-order valence-electron chi connectivity index (χ2n) is 15.2. The van der Waals surface area contributed by atoms with E-state index in [1.165, 1.54) is 66.8 Å². The average Bonchev–Trinajstić information content (AvgIpc) is 3.75. The molecule has 0 N–H and O–H groups in total. The van der Waals surface area contributed by atoms with Crippen LogP contribution in [-0.4, -0.2) is 9.97 Å². The number of fused-ring (bicyclic) bond motifs is 12. The van der Waals surface area contributed by atoms with Gasteiger partial charge in [0.1, 0.15) is 0 Å². The van der Waals surface area contributed by atoms with Crippen LogP contribution in [0.25, 0.3) is 56.2 Å². The van der Waals surface area contributed by atoms with Gasteiger partial charge in [0.05, 0.1) is 22.2 Å². The molecular formula is C54H34N2. The zero-order valence-electron chi connectivity index (χ0n) is 30.5. The van der Waals surface area contributed by atoms with Gasteiger partial charge in [-0.1, -0.05) is 194 Å². The van der Waals surface area contributed by atoms with E-state index in [4.69, 9.17) is 9.97 Å². The van der Waals surface area contributed by atoms with Crippen molar-refractivity contribution in [3.63, 3.8) is 0 Å². The van der Waals surface area contributed by atoms with Crippen molar-refractivity contribution in [1.29, 1.82) is 0 Å². The molecule has 12 rings (SSSR count). The molecule has 2 atom stereocenters. The minimum absolute atomic E-state index is 0.474. The van der Waals surface area contributed by atoms with E-state index in [-0.39, 0.29) is 0 Å². The monoisotopic (exact) mass is 710 g/mol. The smallest absolute Gasteiger partial charge is 0.160 e. The van der Waals surface area contributed by atoms with Crippen molar-refractivity contribution in [3.05, 3.63) is 251 Å². The minimum Gasteiger partial charge on any atom is -0.228 e. The zero-order valence-corrected chi connectivity index (χ0v) is 30.5. The molecule has 260 valence electrons. The molecule has 1 aromatic heterocycles. The van der Waals surface area contributed by atoms with Gasteiger partial charge in [0.25, 0.3) is 0 Å². The Kier molecular flexibility index (Phi) is 6.50. The number of nitrogens with zero attached hydrogens (tertiary/aromatic N) is 2. The molecule has 0 radical (unpaired) electrons. The summed E-state index contributed by atoms with van der Waals surface area (Å²) in [6.45, 7) is 0. The molecule has 0 fully saturated rings. The third-order valence-electron chi connectivity index (χ3n) is 12.6. The van der Waals surface area contributed by atoms with Crippen LogP contribution in [-0.2, 0) is 10.8 Å². The van der Waals surface area contributed by atoms with Gasteiger partial charge >= 0.3 is 0 Å². The van der Waals surface area contributed by atoms with Crippen LogP contribution in [0.1, 0.15) is 44.5 Å². The first-order valence-corrected chi connectivity index (χ1v) is 19.4. The van der Waals surface area contributed by atoms with Crippen molar-refractivity contribution in [1.82, 2.24) is 9.97 Å². The van der Waals surface area contributed by atoms with Crippen LogP contribution >= 0.6 is 0 Å². The first kappa shape index (κ1) is 31.2. The van der Waals surface area contributed by atoms with Gasteiger partial charge in [-0.3, -0.25) is 0 Å². The summed E-state index contributed by atoms with van der Waals surface area (Å²) in [5.74, 6) is 0.715. The molecule has 1 heterocycles. The first-order chi connectivity index (χ1) is 27.8. The summed E-state index contributed by atoms with van der Waals surface area (Å²) >= 11 is 0. The van der Waals surface area contributed by atoms with Crippen molar-refractivity contribution in [2.24, 2.45) is 0 Å². The molecule has 0 aliphatic heterocycles. The second kappa shape index (κ2) is 11.7. The first-order valence-electron chi connectivity index (χ1n) is 19.4. The molecule has 2 heteroatoms. The van der Waals surface area contributed by atoms with Gasteiger partial charge in [0, 0.05) is 16.7 Å². The lowest BCUT2D eigenvalue weighted by Gasteiger charge is -2.48. The van der Waals surface area contributed by atoms with E-state index in [0.29, 0.717) is 5.82 Å². The Balaban J connectivity index is 1.19. The summed E-state index contributed by atoms with van der Waals surface area (Å²) in [5, 5.41) is 0. The highest BCUT2D eigenvalue weighted by atomic mass is 14.9. The highest BCUT2D eigenvalue weighted by Gasteiger charge is 2.59. The molecule has 2 nitrogen and oxygen atoms in total. The summed E-state index contributed by atoms with van der Waals surface area (Å²) in [4.78, 5) is 10.6. The number of rotatable bonds is 4. The Bertz CT molecular complexity index is 2970. The summed E-state index contributed by atoms with van der Waals surface area (Å²) in [6, 6.07) is 75.6. The fourth-order valence-electron chi connectivity index (χ4n) is 10.5. The van der Waals surface area contributed by atoms with Gasteiger partial charge in [-0.15, -0.1) is 0 Å². The van der Waals surface area contributed by atoms with Crippen LogP contribution in [0, 0.1) is 0 Å². The van der Waals surface area contributed by atoms with E-state index in [1.54, 1.807) is 0 Å². The Morgan fingerprint density at radius 3 is 1.39 bits per heavy atom. The van der Waals surface area contributed by atoms with Gasteiger partial charge in [-0.2, -0.15) is 0 Å². The quantitative estimate of drug-likeness (QED) is 0.182. The van der Waals surface area contributed by atoms with E-state index in [9.17, 15) is 0 Å². The Morgan fingerprint density at radius 2 is 0.750 bits per heavy atom. The maximum atomic E-state index is 5.30. The van der Waals surface area contributed by atoms with Crippen LogP contribution in [0.2, 0.25) is 0 Å². The molecule has 0 saturated carbocycles. The SMILES string of the molecule is c1ccc(-c2cc(-c3ccccc3)nc(-c3ccc4c(c3)C3(c5ccccc5-4)c4ccccc4C4(c5ccccc5)c5ccccc5-c5cccc3c54)n2)cc1. The van der Waals surface area contributed by atoms with Crippen molar-refractivity contribution in [2.45, 2.75) is 10.8 Å². The average molecular weight is 711 g/mol. The minimum atomic E-state index is -0.580. The maximum absolute atomic E-state index is 5.30. The zero-order chi connectivity index (χ0) is 36.8. The van der Waals surface area contributed by atoms with Crippen LogP contribution in [0.4, 0.5) is 0 Å². The number of hydrogen-bond acceptors (Lipinski definition) is 2. The molecule has 0 amide bonds. The molecule has 56 heavy (non-hydrogen) atoms. The normalized spacial score (nSPS) is 17.8. The predicted octanol–water partition coefficient (Wildman–Crippen LogP) is 12.5. The summed E-state index contributed by atoms with van der Waals surface area (Å²) < 4.78 is 0. The molecule has 8 aromatic carbocycles. The van der Waals surface area contributed by atoms with Crippen molar-refractivity contribution >= 4 is 0 Å². The Hall–Kier alpha value is -7.16. The number of benzene rings is 8. The molecule has 3 aliphatic rings. The summed E-state index contributed by atoms with van der Waals surface area (Å²) in [6.07, 6.45) is 0. The molecule has 0 bridgehead atoms. The highest BCUT2D eigenvalue weighted by Crippen LogP contribution is 2.68. The molecule has 9 aromatic rings. The van der Waals surface area contributed by atoms with E-state index in [2.05, 4.69) is 206 Å². The van der Waals surface area contributed by atoms with Crippen molar-refractivity contribution < 1.29 is 0 Å². The maximum Gasteiger partial charge on any atom is 0.160 e. The van der Waals surface area contributed by atoms with Crippen molar-refractivity contribution in [2.75, 3.05) is 0 Å². The summed E-state index contributed by atoms with van der Waals surface area (Å²) in [7, 11) is 0. The Morgan fingerprint density at radius 1 is 0.286 bits per heavy atom. The molecule has 0 saturated heterocycles. The largest absolute Gasteiger partial charge is 0.228 e. The molecule has 2 unspecified atom stereocenters. The molecule has 3 aliphatic carbocycles. The fraction of sp³-hybridized carbons (Fsp3) is 0.0370. The lowest BCUT2D eigenvalue weighted by Crippen LogP contribution is -2.43. The molecular weight excluding hydrogens is 677 g/mol. The van der Waals surface area contributed by atoms with Crippen LogP contribution < -0.4 is 0 Å². The number of aromatic nitrogens is 2. The third kappa shape index (κ3) is 4.00. The lowest BCUT2D eigenvalue weighted by atomic mass is 9.52. The van der Waals surface area contributed by atoms with Gasteiger partial charge in [0.2, 0.25) is 0 Å². The lowest BCUT2D eigenvalue weighted by molar-refractivity contribution is 0.636. The predicted molar refractivity (Wildman–Crippen MR) is 227 cm³/mol. The number of hydrogen-bond donors (Lipinski definition) is 0. The summed E-state index contributed by atoms with van der Waals surface area (Å²) in [5.41, 5.74) is 19.6. The van der Waals surface area contributed by atoms with E-state index in [1.807, 2.05) is 0 Å². The van der Waals surface area contributed by atoms with E-state index < -0.39 is 10.8 Å². The van der Waals surface area contributed by atoms with Crippen molar-refractivity contribution in [3.8, 4) is 56.2 Å². The fourth-order valence-corrected chi connectivity index (χ4v) is 10.5.